The van der Waals surface area contributed by atoms with E-state index in [1.165, 1.54) is 13.2 Å². The second-order valence-electron chi connectivity index (χ2n) is 4.46. The van der Waals surface area contributed by atoms with Crippen LogP contribution >= 0.6 is 0 Å². The van der Waals surface area contributed by atoms with Crippen molar-refractivity contribution in [2.75, 3.05) is 7.11 Å². The zero-order chi connectivity index (χ0) is 15.5. The maximum atomic E-state index is 12.4. The summed E-state index contributed by atoms with van der Waals surface area (Å²) in [5, 5.41) is 3.99. The molecule has 0 saturated carbocycles. The summed E-state index contributed by atoms with van der Waals surface area (Å²) in [6.45, 7) is 0.472. The number of rotatable bonds is 6. The van der Waals surface area contributed by atoms with Gasteiger partial charge in [0.05, 0.1) is 19.3 Å². The van der Waals surface area contributed by atoms with Crippen molar-refractivity contribution in [2.24, 2.45) is 12.8 Å². The first-order valence-corrected chi connectivity index (χ1v) is 7.80. The second kappa shape index (κ2) is 6.25. The topological polar surface area (TPSA) is 99.2 Å². The number of benzene rings is 1. The highest BCUT2D eigenvalue weighted by Crippen LogP contribution is 2.24. The number of hydrogen-bond acceptors (Lipinski definition) is 5. The fourth-order valence-electron chi connectivity index (χ4n) is 1.88. The number of aryl methyl sites for hydroxylation is 1. The molecule has 21 heavy (non-hydrogen) atoms. The van der Waals surface area contributed by atoms with Gasteiger partial charge in [-0.1, -0.05) is 6.07 Å². The normalized spacial score (nSPS) is 11.6. The maximum absolute atomic E-state index is 12.4. The van der Waals surface area contributed by atoms with Crippen molar-refractivity contribution < 1.29 is 13.2 Å². The summed E-state index contributed by atoms with van der Waals surface area (Å²) in [6, 6.07) is 6.53. The second-order valence-corrected chi connectivity index (χ2v) is 6.20. The summed E-state index contributed by atoms with van der Waals surface area (Å²) < 4.78 is 34.0. The van der Waals surface area contributed by atoms with Crippen LogP contribution in [0.3, 0.4) is 0 Å². The molecule has 1 aromatic heterocycles. The van der Waals surface area contributed by atoms with Gasteiger partial charge in [0.15, 0.2) is 0 Å². The smallest absolute Gasteiger partial charge is 0.244 e. The van der Waals surface area contributed by atoms with E-state index in [0.29, 0.717) is 6.54 Å². The van der Waals surface area contributed by atoms with Gasteiger partial charge in [-0.2, -0.15) is 5.10 Å². The molecule has 0 unspecified atom stereocenters. The molecular weight excluding hydrogens is 292 g/mol. The quantitative estimate of drug-likeness (QED) is 0.803. The molecule has 0 spiro atoms. The molecule has 0 aliphatic rings. The summed E-state index contributed by atoms with van der Waals surface area (Å²) in [6.07, 6.45) is 1.61. The molecule has 3 N–H and O–H groups in total. The Bertz CT molecular complexity index is 725. The molecule has 0 aliphatic heterocycles. The van der Waals surface area contributed by atoms with Crippen molar-refractivity contribution >= 4 is 10.0 Å². The van der Waals surface area contributed by atoms with E-state index >= 15 is 0 Å². The minimum atomic E-state index is -3.68. The van der Waals surface area contributed by atoms with E-state index in [2.05, 4.69) is 9.82 Å². The molecule has 0 saturated heterocycles. The first-order valence-electron chi connectivity index (χ1n) is 6.31. The molecule has 0 amide bonds. The highest BCUT2D eigenvalue weighted by molar-refractivity contribution is 7.89. The average Bonchev–Trinajstić information content (AvgIpc) is 2.89. The van der Waals surface area contributed by atoms with Gasteiger partial charge in [-0.05, 0) is 23.8 Å². The summed E-state index contributed by atoms with van der Waals surface area (Å²) in [5.74, 6) is 0.274. The minimum Gasteiger partial charge on any atom is -0.495 e. The predicted molar refractivity (Wildman–Crippen MR) is 78.1 cm³/mol. The third kappa shape index (κ3) is 3.41. The third-order valence-corrected chi connectivity index (χ3v) is 4.56. The zero-order valence-corrected chi connectivity index (χ0v) is 12.7. The molecule has 0 bridgehead atoms. The van der Waals surface area contributed by atoms with E-state index < -0.39 is 10.0 Å². The van der Waals surface area contributed by atoms with Crippen LogP contribution in [0, 0.1) is 0 Å². The number of ether oxygens (including phenoxy) is 1. The van der Waals surface area contributed by atoms with Crippen molar-refractivity contribution in [1.82, 2.24) is 14.5 Å². The summed E-state index contributed by atoms with van der Waals surface area (Å²) in [7, 11) is -0.501. The van der Waals surface area contributed by atoms with Crippen LogP contribution in [0.4, 0.5) is 0 Å². The Labute approximate surface area is 123 Å². The summed E-state index contributed by atoms with van der Waals surface area (Å²) in [5.41, 5.74) is 7.11. The first-order chi connectivity index (χ1) is 9.97. The first kappa shape index (κ1) is 15.5. The van der Waals surface area contributed by atoms with E-state index in [1.807, 2.05) is 0 Å². The Hall–Kier alpha value is -1.90. The number of nitrogens with zero attached hydrogens (tertiary/aromatic N) is 2. The van der Waals surface area contributed by atoms with Crippen LogP contribution in [0.1, 0.15) is 11.3 Å². The van der Waals surface area contributed by atoms with Crippen LogP contribution < -0.4 is 15.2 Å². The van der Waals surface area contributed by atoms with E-state index in [4.69, 9.17) is 10.5 Å². The van der Waals surface area contributed by atoms with Crippen LogP contribution in [-0.4, -0.2) is 25.3 Å². The van der Waals surface area contributed by atoms with Gasteiger partial charge in [0.1, 0.15) is 10.6 Å². The van der Waals surface area contributed by atoms with E-state index in [1.54, 1.807) is 36.1 Å². The Balaban J connectivity index is 2.25. The van der Waals surface area contributed by atoms with E-state index in [9.17, 15) is 8.42 Å². The Morgan fingerprint density at radius 1 is 1.38 bits per heavy atom. The van der Waals surface area contributed by atoms with Crippen molar-refractivity contribution in [2.45, 2.75) is 18.0 Å². The standard InChI is InChI=1S/C13H18N4O3S/c1-17-11(5-6-15-17)9-16-21(18,19)13-4-3-10(8-14)7-12(13)20-2/h3-7,16H,8-9,14H2,1-2H3. The lowest BCUT2D eigenvalue weighted by atomic mass is 10.2. The average molecular weight is 310 g/mol. The fraction of sp³-hybridized carbons (Fsp3) is 0.308. The number of aromatic nitrogens is 2. The minimum absolute atomic E-state index is 0.0874. The Morgan fingerprint density at radius 2 is 2.14 bits per heavy atom. The lowest BCUT2D eigenvalue weighted by Crippen LogP contribution is -2.25. The molecule has 0 atom stereocenters. The molecule has 0 aliphatic carbocycles. The van der Waals surface area contributed by atoms with Crippen molar-refractivity contribution in [3.05, 3.63) is 41.7 Å². The van der Waals surface area contributed by atoms with E-state index in [0.717, 1.165) is 11.3 Å². The third-order valence-electron chi connectivity index (χ3n) is 3.12. The maximum Gasteiger partial charge on any atom is 0.244 e. The number of hydrogen-bond donors (Lipinski definition) is 2. The fourth-order valence-corrected chi connectivity index (χ4v) is 3.03. The Morgan fingerprint density at radius 3 is 2.71 bits per heavy atom. The monoisotopic (exact) mass is 310 g/mol. The molecule has 0 radical (unpaired) electrons. The van der Waals surface area contributed by atoms with Crippen LogP contribution in [0.5, 0.6) is 5.75 Å². The lowest BCUT2D eigenvalue weighted by molar-refractivity contribution is 0.401. The van der Waals surface area contributed by atoms with Crippen LogP contribution in [0.25, 0.3) is 0 Å². The van der Waals surface area contributed by atoms with Gasteiger partial charge >= 0.3 is 0 Å². The highest BCUT2D eigenvalue weighted by atomic mass is 32.2. The molecule has 1 heterocycles. The van der Waals surface area contributed by atoms with Crippen molar-refractivity contribution in [3.63, 3.8) is 0 Å². The number of sulfonamides is 1. The molecular formula is C13H18N4O3S. The van der Waals surface area contributed by atoms with Gasteiger partial charge in [0.2, 0.25) is 10.0 Å². The molecule has 2 rings (SSSR count). The van der Waals surface area contributed by atoms with Crippen molar-refractivity contribution in [3.8, 4) is 5.75 Å². The molecule has 7 nitrogen and oxygen atoms in total. The SMILES string of the molecule is COc1cc(CN)ccc1S(=O)(=O)NCc1ccnn1C. The van der Waals surface area contributed by atoms with Crippen molar-refractivity contribution in [1.29, 1.82) is 0 Å². The van der Waals surface area contributed by atoms with E-state index in [-0.39, 0.29) is 17.2 Å². The number of methoxy groups -OCH3 is 1. The molecule has 0 fully saturated rings. The molecule has 114 valence electrons. The lowest BCUT2D eigenvalue weighted by Gasteiger charge is -2.12. The highest BCUT2D eigenvalue weighted by Gasteiger charge is 2.19. The largest absolute Gasteiger partial charge is 0.495 e. The van der Waals surface area contributed by atoms with Gasteiger partial charge in [-0.3, -0.25) is 4.68 Å². The zero-order valence-electron chi connectivity index (χ0n) is 11.9. The molecule has 8 heteroatoms. The molecule has 2 aromatic rings. The van der Waals surface area contributed by atoms with Gasteiger partial charge in [0, 0.05) is 19.8 Å². The number of nitrogens with two attached hydrogens (primary N) is 1. The number of nitrogens with one attached hydrogen (secondary N) is 1. The van der Waals surface area contributed by atoms with Gasteiger partial charge in [-0.25, -0.2) is 13.1 Å². The Kier molecular flexibility index (Phi) is 4.61. The van der Waals surface area contributed by atoms with Gasteiger partial charge in [-0.15, -0.1) is 0 Å². The van der Waals surface area contributed by atoms with Gasteiger partial charge in [0.25, 0.3) is 0 Å². The summed E-state index contributed by atoms with van der Waals surface area (Å²) in [4.78, 5) is 0.0874. The van der Waals surface area contributed by atoms with Crippen LogP contribution in [0.15, 0.2) is 35.4 Å². The molecule has 1 aromatic carbocycles. The van der Waals surface area contributed by atoms with Crippen LogP contribution in [-0.2, 0) is 30.2 Å². The van der Waals surface area contributed by atoms with Crippen LogP contribution in [0.2, 0.25) is 0 Å². The summed E-state index contributed by atoms with van der Waals surface area (Å²) >= 11 is 0. The predicted octanol–water partition coefficient (Wildman–Crippen LogP) is 0.366. The van der Waals surface area contributed by atoms with Gasteiger partial charge < -0.3 is 10.5 Å².